The Morgan fingerprint density at radius 2 is 1.71 bits per heavy atom. The highest BCUT2D eigenvalue weighted by atomic mass is 127. The van der Waals surface area contributed by atoms with Crippen LogP contribution in [0.25, 0.3) is 0 Å². The minimum Gasteiger partial charge on any atom is -0.352 e. The van der Waals surface area contributed by atoms with E-state index in [1.807, 2.05) is 25.6 Å². The summed E-state index contributed by atoms with van der Waals surface area (Å²) in [6, 6.07) is 6.83. The van der Waals surface area contributed by atoms with Gasteiger partial charge in [0.05, 0.1) is 10.6 Å². The summed E-state index contributed by atoms with van der Waals surface area (Å²) in [6.45, 7) is 5.19. The Bertz CT molecular complexity index is 920. The van der Waals surface area contributed by atoms with E-state index in [1.54, 1.807) is 31.3 Å². The smallest absolute Gasteiger partial charge is 0.242 e. The van der Waals surface area contributed by atoms with Crippen molar-refractivity contribution in [3.05, 3.63) is 46.8 Å². The van der Waals surface area contributed by atoms with Crippen molar-refractivity contribution in [2.45, 2.75) is 31.8 Å². The van der Waals surface area contributed by atoms with Crippen molar-refractivity contribution in [3.8, 4) is 0 Å². The van der Waals surface area contributed by atoms with Crippen molar-refractivity contribution in [3.63, 3.8) is 0 Å². The molecule has 0 radical (unpaired) electrons. The maximum absolute atomic E-state index is 12.1. The number of aliphatic imine (C=N–C) groups is 1. The van der Waals surface area contributed by atoms with Crippen LogP contribution in [0.2, 0.25) is 0 Å². The molecule has 0 spiro atoms. The molecule has 8 nitrogen and oxygen atoms in total. The Kier molecular flexibility index (Phi) is 8.89. The first-order valence-corrected chi connectivity index (χ1v) is 10.1. The fourth-order valence-electron chi connectivity index (χ4n) is 2.64. The predicted molar refractivity (Wildman–Crippen MR) is 122 cm³/mol. The van der Waals surface area contributed by atoms with Gasteiger partial charge in [0.1, 0.15) is 0 Å². The first kappa shape index (κ1) is 24.4. The van der Waals surface area contributed by atoms with Gasteiger partial charge in [-0.3, -0.25) is 9.67 Å². The van der Waals surface area contributed by atoms with E-state index in [4.69, 9.17) is 0 Å². The van der Waals surface area contributed by atoms with Gasteiger partial charge in [0.2, 0.25) is 10.0 Å². The number of nitrogens with one attached hydrogen (secondary N) is 2. The molecular formula is C18H29IN6O2S. The number of sulfonamides is 1. The lowest BCUT2D eigenvalue weighted by Gasteiger charge is -2.14. The van der Waals surface area contributed by atoms with E-state index in [9.17, 15) is 8.42 Å². The fraction of sp³-hybridized carbons (Fsp3) is 0.444. The quantitative estimate of drug-likeness (QED) is 0.344. The second kappa shape index (κ2) is 10.2. The third kappa shape index (κ3) is 5.67. The van der Waals surface area contributed by atoms with Crippen molar-refractivity contribution in [1.29, 1.82) is 0 Å². The van der Waals surface area contributed by atoms with Crippen LogP contribution in [0.15, 0.2) is 34.2 Å². The predicted octanol–water partition coefficient (Wildman–Crippen LogP) is 1.77. The molecule has 28 heavy (non-hydrogen) atoms. The SMILES string of the molecule is CN=C(NCc1ccc(S(=O)(=O)N(C)C)cc1)NCc1c(C)nn(C)c1C.I. The number of halogens is 1. The molecule has 1 aromatic heterocycles. The molecule has 0 aliphatic heterocycles. The average molecular weight is 520 g/mol. The zero-order valence-electron chi connectivity index (χ0n) is 17.1. The van der Waals surface area contributed by atoms with Crippen LogP contribution in [-0.2, 0) is 30.2 Å². The molecule has 0 aliphatic rings. The molecule has 0 amide bonds. The Hall–Kier alpha value is -1.66. The average Bonchev–Trinajstić information content (AvgIpc) is 2.87. The third-order valence-electron chi connectivity index (χ3n) is 4.48. The first-order chi connectivity index (χ1) is 12.7. The maximum Gasteiger partial charge on any atom is 0.242 e. The van der Waals surface area contributed by atoms with E-state index in [0.717, 1.165) is 22.5 Å². The molecule has 1 aromatic carbocycles. The molecule has 0 bridgehead atoms. The van der Waals surface area contributed by atoms with Crippen LogP contribution >= 0.6 is 24.0 Å². The number of rotatable bonds is 6. The summed E-state index contributed by atoms with van der Waals surface area (Å²) >= 11 is 0. The van der Waals surface area contributed by atoms with Crippen LogP contribution in [0, 0.1) is 13.8 Å². The van der Waals surface area contributed by atoms with Crippen LogP contribution in [0.3, 0.4) is 0 Å². The summed E-state index contributed by atoms with van der Waals surface area (Å²) in [4.78, 5) is 4.51. The summed E-state index contributed by atoms with van der Waals surface area (Å²) in [7, 11) is 3.28. The highest BCUT2D eigenvalue weighted by molar-refractivity contribution is 14.0. The Labute approximate surface area is 184 Å². The van der Waals surface area contributed by atoms with E-state index in [0.29, 0.717) is 19.0 Å². The highest BCUT2D eigenvalue weighted by Crippen LogP contribution is 2.14. The van der Waals surface area contributed by atoms with Crippen molar-refractivity contribution in [2.24, 2.45) is 12.0 Å². The van der Waals surface area contributed by atoms with Gasteiger partial charge in [-0.15, -0.1) is 24.0 Å². The van der Waals surface area contributed by atoms with E-state index >= 15 is 0 Å². The molecule has 2 N–H and O–H groups in total. The minimum atomic E-state index is -3.41. The van der Waals surface area contributed by atoms with Gasteiger partial charge in [0, 0.05) is 52.5 Å². The van der Waals surface area contributed by atoms with E-state index in [-0.39, 0.29) is 28.9 Å². The molecule has 2 aromatic rings. The van der Waals surface area contributed by atoms with E-state index in [1.165, 1.54) is 18.4 Å². The summed E-state index contributed by atoms with van der Waals surface area (Å²) in [6.07, 6.45) is 0. The summed E-state index contributed by atoms with van der Waals surface area (Å²) < 4.78 is 27.3. The number of hydrogen-bond acceptors (Lipinski definition) is 4. The minimum absolute atomic E-state index is 0. The monoisotopic (exact) mass is 520 g/mol. The number of aromatic nitrogens is 2. The number of hydrogen-bond donors (Lipinski definition) is 2. The molecule has 0 saturated heterocycles. The van der Waals surface area contributed by atoms with Crippen molar-refractivity contribution < 1.29 is 8.42 Å². The van der Waals surface area contributed by atoms with Crippen molar-refractivity contribution >= 4 is 40.0 Å². The summed E-state index contributed by atoms with van der Waals surface area (Å²) in [5.74, 6) is 0.669. The van der Waals surface area contributed by atoms with Gasteiger partial charge in [-0.1, -0.05) is 12.1 Å². The standard InChI is InChI=1S/C18H28N6O2S.HI/c1-13-17(14(2)24(6)22-13)12-21-18(19-3)20-11-15-7-9-16(10-8-15)27(25,26)23(4)5;/h7-10H,11-12H2,1-6H3,(H2,19,20,21);1H. The lowest BCUT2D eigenvalue weighted by molar-refractivity contribution is 0.520. The molecule has 0 unspecified atom stereocenters. The van der Waals surface area contributed by atoms with Crippen molar-refractivity contribution in [2.75, 3.05) is 21.1 Å². The number of guanidine groups is 1. The zero-order chi connectivity index (χ0) is 20.2. The second-order valence-electron chi connectivity index (χ2n) is 6.48. The molecule has 1 heterocycles. The van der Waals surface area contributed by atoms with Crippen molar-refractivity contribution in [1.82, 2.24) is 24.7 Å². The normalized spacial score (nSPS) is 12.0. The van der Waals surface area contributed by atoms with E-state index < -0.39 is 10.0 Å². The van der Waals surface area contributed by atoms with Crippen LogP contribution in [0.5, 0.6) is 0 Å². The van der Waals surface area contributed by atoms with Crippen LogP contribution in [0.1, 0.15) is 22.5 Å². The summed E-state index contributed by atoms with van der Waals surface area (Å²) in [5.41, 5.74) is 4.23. The molecular weight excluding hydrogens is 491 g/mol. The van der Waals surface area contributed by atoms with Gasteiger partial charge >= 0.3 is 0 Å². The number of benzene rings is 1. The Balaban J connectivity index is 0.00000392. The van der Waals surface area contributed by atoms with Gasteiger partial charge in [0.15, 0.2) is 5.96 Å². The molecule has 156 valence electrons. The Morgan fingerprint density at radius 1 is 1.14 bits per heavy atom. The molecule has 0 atom stereocenters. The van der Waals surface area contributed by atoms with Gasteiger partial charge in [-0.2, -0.15) is 5.10 Å². The zero-order valence-corrected chi connectivity index (χ0v) is 20.3. The van der Waals surface area contributed by atoms with Crippen LogP contribution < -0.4 is 10.6 Å². The van der Waals surface area contributed by atoms with Gasteiger partial charge in [-0.05, 0) is 31.5 Å². The molecule has 0 aliphatic carbocycles. The number of aryl methyl sites for hydroxylation is 2. The number of nitrogens with zero attached hydrogens (tertiary/aromatic N) is 4. The van der Waals surface area contributed by atoms with Gasteiger partial charge < -0.3 is 10.6 Å². The first-order valence-electron chi connectivity index (χ1n) is 8.62. The largest absolute Gasteiger partial charge is 0.352 e. The van der Waals surface area contributed by atoms with Crippen LogP contribution in [0.4, 0.5) is 0 Å². The van der Waals surface area contributed by atoms with Gasteiger partial charge in [-0.25, -0.2) is 12.7 Å². The summed E-state index contributed by atoms with van der Waals surface area (Å²) in [5, 5.41) is 10.9. The molecule has 10 heteroatoms. The Morgan fingerprint density at radius 3 is 2.18 bits per heavy atom. The lowest BCUT2D eigenvalue weighted by atomic mass is 10.2. The second-order valence-corrected chi connectivity index (χ2v) is 8.64. The molecule has 0 fully saturated rings. The lowest BCUT2D eigenvalue weighted by Crippen LogP contribution is -2.36. The third-order valence-corrected chi connectivity index (χ3v) is 6.31. The molecule has 0 saturated carbocycles. The molecule has 2 rings (SSSR count). The highest BCUT2D eigenvalue weighted by Gasteiger charge is 2.16. The maximum atomic E-state index is 12.1. The van der Waals surface area contributed by atoms with Crippen LogP contribution in [-0.4, -0.2) is 49.6 Å². The van der Waals surface area contributed by atoms with Gasteiger partial charge in [0.25, 0.3) is 0 Å². The fourth-order valence-corrected chi connectivity index (χ4v) is 3.54. The topological polar surface area (TPSA) is 91.6 Å². The van der Waals surface area contributed by atoms with E-state index in [2.05, 4.69) is 20.7 Å².